The Labute approximate surface area is 166 Å². The number of benzene rings is 3. The Morgan fingerprint density at radius 1 is 0.893 bits per heavy atom. The summed E-state index contributed by atoms with van der Waals surface area (Å²) in [6.45, 7) is 0. The van der Waals surface area contributed by atoms with Crippen molar-refractivity contribution >= 4 is 29.7 Å². The molecular formula is C21H15ClN2O4. The number of aromatic hydroxyl groups is 1. The van der Waals surface area contributed by atoms with E-state index in [9.17, 15) is 14.7 Å². The van der Waals surface area contributed by atoms with E-state index in [1.54, 1.807) is 48.5 Å². The highest BCUT2D eigenvalue weighted by Gasteiger charge is 2.08. The van der Waals surface area contributed by atoms with Crippen LogP contribution in [-0.2, 0) is 0 Å². The zero-order chi connectivity index (χ0) is 19.9. The van der Waals surface area contributed by atoms with Crippen LogP contribution >= 0.6 is 11.6 Å². The summed E-state index contributed by atoms with van der Waals surface area (Å²) < 4.78 is 5.29. The van der Waals surface area contributed by atoms with Crippen LogP contribution in [0.15, 0.2) is 77.9 Å². The average Bonchev–Trinajstić information content (AvgIpc) is 2.70. The second-order valence-electron chi connectivity index (χ2n) is 5.71. The molecule has 3 aromatic rings. The van der Waals surface area contributed by atoms with Gasteiger partial charge in [0.1, 0.15) is 11.5 Å². The van der Waals surface area contributed by atoms with Gasteiger partial charge in [0, 0.05) is 10.6 Å². The first-order valence-electron chi connectivity index (χ1n) is 8.21. The number of carbonyl (C=O) groups is 2. The maximum Gasteiger partial charge on any atom is 0.343 e. The molecule has 0 aliphatic heterocycles. The molecule has 28 heavy (non-hydrogen) atoms. The van der Waals surface area contributed by atoms with Crippen molar-refractivity contribution in [1.29, 1.82) is 0 Å². The Hall–Kier alpha value is -3.64. The summed E-state index contributed by atoms with van der Waals surface area (Å²) in [6.07, 6.45) is 1.46. The lowest BCUT2D eigenvalue weighted by molar-refractivity contribution is 0.0734. The molecule has 0 spiro atoms. The number of phenols is 1. The summed E-state index contributed by atoms with van der Waals surface area (Å²) in [5.74, 6) is -0.425. The van der Waals surface area contributed by atoms with E-state index in [1.807, 2.05) is 0 Å². The summed E-state index contributed by atoms with van der Waals surface area (Å²) in [7, 11) is 0. The molecule has 0 saturated heterocycles. The predicted octanol–water partition coefficient (Wildman–Crippen LogP) is 4.03. The molecule has 6 nitrogen and oxygen atoms in total. The molecule has 1 amide bonds. The van der Waals surface area contributed by atoms with Crippen molar-refractivity contribution in [3.8, 4) is 11.5 Å². The van der Waals surface area contributed by atoms with Crippen LogP contribution in [0, 0.1) is 0 Å². The molecule has 0 aliphatic rings. The van der Waals surface area contributed by atoms with Crippen molar-refractivity contribution in [3.63, 3.8) is 0 Å². The number of hydrogen-bond acceptors (Lipinski definition) is 5. The van der Waals surface area contributed by atoms with Gasteiger partial charge in [-0.3, -0.25) is 4.79 Å². The highest BCUT2D eigenvalue weighted by Crippen LogP contribution is 2.15. The third kappa shape index (κ3) is 5.18. The van der Waals surface area contributed by atoms with Crippen LogP contribution < -0.4 is 10.2 Å². The van der Waals surface area contributed by atoms with Gasteiger partial charge in [0.25, 0.3) is 5.91 Å². The van der Waals surface area contributed by atoms with Gasteiger partial charge in [0.2, 0.25) is 0 Å². The van der Waals surface area contributed by atoms with Gasteiger partial charge in [-0.05, 0) is 78.4 Å². The summed E-state index contributed by atoms with van der Waals surface area (Å²) >= 11 is 5.80. The lowest BCUT2D eigenvalue weighted by Gasteiger charge is -2.05. The number of amides is 1. The van der Waals surface area contributed by atoms with Crippen LogP contribution in [-0.4, -0.2) is 23.2 Å². The fourth-order valence-electron chi connectivity index (χ4n) is 2.22. The van der Waals surface area contributed by atoms with Crippen LogP contribution in [0.2, 0.25) is 5.02 Å². The third-order valence-electron chi connectivity index (χ3n) is 3.68. The van der Waals surface area contributed by atoms with Crippen LogP contribution in [0.5, 0.6) is 11.5 Å². The number of hydrogen-bond donors (Lipinski definition) is 2. The number of nitrogens with zero attached hydrogens (tertiary/aromatic N) is 1. The highest BCUT2D eigenvalue weighted by molar-refractivity contribution is 6.30. The number of carbonyl (C=O) groups excluding carboxylic acids is 2. The molecule has 0 aromatic heterocycles. The molecular weight excluding hydrogens is 380 g/mol. The smallest absolute Gasteiger partial charge is 0.343 e. The first-order chi connectivity index (χ1) is 13.5. The summed E-state index contributed by atoms with van der Waals surface area (Å²) in [4.78, 5) is 24.0. The minimum Gasteiger partial charge on any atom is -0.508 e. The Kier molecular flexibility index (Phi) is 6.04. The topological polar surface area (TPSA) is 88.0 Å². The first-order valence-corrected chi connectivity index (χ1v) is 8.59. The molecule has 0 fully saturated rings. The van der Waals surface area contributed by atoms with Gasteiger partial charge in [-0.25, -0.2) is 10.2 Å². The number of esters is 1. The summed E-state index contributed by atoms with van der Waals surface area (Å²) in [5.41, 5.74) is 3.87. The molecule has 7 heteroatoms. The van der Waals surface area contributed by atoms with E-state index in [0.29, 0.717) is 27.5 Å². The van der Waals surface area contributed by atoms with Gasteiger partial charge in [-0.2, -0.15) is 5.10 Å². The number of nitrogens with one attached hydrogen (secondary N) is 1. The Balaban J connectivity index is 1.55. The molecule has 2 N–H and O–H groups in total. The van der Waals surface area contributed by atoms with Crippen molar-refractivity contribution in [2.24, 2.45) is 5.10 Å². The van der Waals surface area contributed by atoms with E-state index >= 15 is 0 Å². The molecule has 0 atom stereocenters. The SMILES string of the molecule is O=C(N/N=C\c1ccc(OC(=O)c2ccc(Cl)cc2)cc1)c1ccc(O)cc1. The lowest BCUT2D eigenvalue weighted by Crippen LogP contribution is -2.17. The monoisotopic (exact) mass is 394 g/mol. The highest BCUT2D eigenvalue weighted by atomic mass is 35.5. The van der Waals surface area contributed by atoms with E-state index in [1.165, 1.54) is 30.5 Å². The minimum atomic E-state index is -0.487. The molecule has 3 aromatic carbocycles. The Morgan fingerprint density at radius 3 is 2.14 bits per heavy atom. The molecule has 0 bridgehead atoms. The van der Waals surface area contributed by atoms with Crippen LogP contribution in [0.4, 0.5) is 0 Å². The maximum atomic E-state index is 12.1. The van der Waals surface area contributed by atoms with Gasteiger partial charge in [-0.15, -0.1) is 0 Å². The van der Waals surface area contributed by atoms with Crippen LogP contribution in [0.3, 0.4) is 0 Å². The Morgan fingerprint density at radius 2 is 1.50 bits per heavy atom. The molecule has 0 heterocycles. The van der Waals surface area contributed by atoms with E-state index < -0.39 is 11.9 Å². The van der Waals surface area contributed by atoms with Gasteiger partial charge < -0.3 is 9.84 Å². The van der Waals surface area contributed by atoms with E-state index in [-0.39, 0.29) is 5.75 Å². The number of phenolic OH excluding ortho intramolecular Hbond substituents is 1. The van der Waals surface area contributed by atoms with Gasteiger partial charge in [0.15, 0.2) is 0 Å². The zero-order valence-electron chi connectivity index (χ0n) is 14.5. The summed E-state index contributed by atoms with van der Waals surface area (Å²) in [5, 5.41) is 13.6. The number of ether oxygens (including phenoxy) is 1. The molecule has 140 valence electrons. The molecule has 0 saturated carbocycles. The van der Waals surface area contributed by atoms with Crippen molar-refractivity contribution < 1.29 is 19.4 Å². The third-order valence-corrected chi connectivity index (χ3v) is 3.93. The standard InChI is InChI=1S/C21H15ClN2O4/c22-17-7-3-16(4-8-17)21(27)28-19-11-1-14(2-12-19)13-23-24-20(26)15-5-9-18(25)10-6-15/h1-13,25H,(H,24,26)/b23-13-. The summed E-state index contributed by atoms with van der Waals surface area (Å²) in [6, 6.07) is 18.9. The van der Waals surface area contributed by atoms with Crippen LogP contribution in [0.1, 0.15) is 26.3 Å². The zero-order valence-corrected chi connectivity index (χ0v) is 15.3. The number of halogens is 1. The fourth-order valence-corrected chi connectivity index (χ4v) is 2.34. The van der Waals surface area contributed by atoms with Gasteiger partial charge >= 0.3 is 5.97 Å². The molecule has 0 radical (unpaired) electrons. The second kappa shape index (κ2) is 8.83. The second-order valence-corrected chi connectivity index (χ2v) is 6.15. The number of rotatable bonds is 5. The van der Waals surface area contributed by atoms with Gasteiger partial charge in [0.05, 0.1) is 11.8 Å². The van der Waals surface area contributed by atoms with Crippen molar-refractivity contribution in [2.45, 2.75) is 0 Å². The quantitative estimate of drug-likeness (QED) is 0.296. The normalized spacial score (nSPS) is 10.6. The maximum absolute atomic E-state index is 12.1. The fraction of sp³-hybridized carbons (Fsp3) is 0. The largest absolute Gasteiger partial charge is 0.508 e. The lowest BCUT2D eigenvalue weighted by atomic mass is 10.2. The van der Waals surface area contributed by atoms with Crippen molar-refractivity contribution in [3.05, 3.63) is 94.5 Å². The first kappa shape index (κ1) is 19.1. The van der Waals surface area contributed by atoms with Gasteiger partial charge in [-0.1, -0.05) is 11.6 Å². The van der Waals surface area contributed by atoms with Crippen LogP contribution in [0.25, 0.3) is 0 Å². The Bertz CT molecular complexity index is 998. The molecule has 0 aliphatic carbocycles. The van der Waals surface area contributed by atoms with Crippen molar-refractivity contribution in [1.82, 2.24) is 5.43 Å². The van der Waals surface area contributed by atoms with E-state index in [2.05, 4.69) is 10.5 Å². The van der Waals surface area contributed by atoms with Crippen molar-refractivity contribution in [2.75, 3.05) is 0 Å². The van der Waals surface area contributed by atoms with E-state index in [0.717, 1.165) is 0 Å². The predicted molar refractivity (Wildman–Crippen MR) is 106 cm³/mol. The molecule has 3 rings (SSSR count). The minimum absolute atomic E-state index is 0.0805. The number of hydrazone groups is 1. The van der Waals surface area contributed by atoms with E-state index in [4.69, 9.17) is 16.3 Å². The molecule has 0 unspecified atom stereocenters. The average molecular weight is 395 g/mol.